The highest BCUT2D eigenvalue weighted by molar-refractivity contribution is 5.94. The van der Waals surface area contributed by atoms with Gasteiger partial charge in [0.05, 0.1) is 0 Å². The van der Waals surface area contributed by atoms with Crippen molar-refractivity contribution in [1.29, 1.82) is 0 Å². The number of amides is 1. The van der Waals surface area contributed by atoms with Crippen LogP contribution in [-0.4, -0.2) is 18.7 Å². The molecule has 1 aliphatic heterocycles. The van der Waals surface area contributed by atoms with Crippen molar-refractivity contribution < 1.29 is 9.59 Å². The molecule has 1 aromatic rings. The van der Waals surface area contributed by atoms with Gasteiger partial charge >= 0.3 is 0 Å². The van der Waals surface area contributed by atoms with Gasteiger partial charge in [-0.25, -0.2) is 0 Å². The maximum atomic E-state index is 11.6. The summed E-state index contributed by atoms with van der Waals surface area (Å²) in [6.07, 6.45) is 3.43. The van der Waals surface area contributed by atoms with E-state index in [1.165, 1.54) is 0 Å². The number of rotatable bonds is 2. The second kappa shape index (κ2) is 4.26. The summed E-state index contributed by atoms with van der Waals surface area (Å²) in [5.74, 6) is 0.157. The molecular weight excluding hydrogens is 190 g/mol. The van der Waals surface area contributed by atoms with Gasteiger partial charge in [0.25, 0.3) is 0 Å². The summed E-state index contributed by atoms with van der Waals surface area (Å²) < 4.78 is 0. The minimum absolute atomic E-state index is 0.157. The van der Waals surface area contributed by atoms with Crippen molar-refractivity contribution in [1.82, 2.24) is 0 Å². The SMILES string of the molecule is O=Cc1cccc(N2CCCCC2=O)c1. The van der Waals surface area contributed by atoms with Crippen LogP contribution in [0, 0.1) is 0 Å². The van der Waals surface area contributed by atoms with E-state index in [0.29, 0.717) is 12.0 Å². The molecule has 1 aliphatic rings. The van der Waals surface area contributed by atoms with E-state index in [1.54, 1.807) is 23.1 Å². The number of piperidine rings is 1. The van der Waals surface area contributed by atoms with Gasteiger partial charge in [-0.15, -0.1) is 0 Å². The molecule has 0 bridgehead atoms. The van der Waals surface area contributed by atoms with Crippen molar-refractivity contribution in [2.45, 2.75) is 19.3 Å². The Balaban J connectivity index is 2.27. The van der Waals surface area contributed by atoms with Crippen LogP contribution in [0.4, 0.5) is 5.69 Å². The third-order valence-electron chi connectivity index (χ3n) is 2.64. The Kier molecular flexibility index (Phi) is 2.81. The Morgan fingerprint density at radius 3 is 2.87 bits per heavy atom. The van der Waals surface area contributed by atoms with Crippen LogP contribution in [0.2, 0.25) is 0 Å². The average Bonchev–Trinajstić information content (AvgIpc) is 2.30. The lowest BCUT2D eigenvalue weighted by molar-refractivity contribution is -0.119. The van der Waals surface area contributed by atoms with E-state index in [-0.39, 0.29) is 5.91 Å². The number of aldehydes is 1. The first-order valence-corrected chi connectivity index (χ1v) is 5.17. The molecule has 78 valence electrons. The monoisotopic (exact) mass is 203 g/mol. The van der Waals surface area contributed by atoms with E-state index in [9.17, 15) is 9.59 Å². The van der Waals surface area contributed by atoms with Gasteiger partial charge in [-0.2, -0.15) is 0 Å². The van der Waals surface area contributed by atoms with Crippen LogP contribution in [0.5, 0.6) is 0 Å². The topological polar surface area (TPSA) is 37.4 Å². The maximum absolute atomic E-state index is 11.6. The van der Waals surface area contributed by atoms with Crippen LogP contribution in [0.15, 0.2) is 24.3 Å². The summed E-state index contributed by atoms with van der Waals surface area (Å²) in [7, 11) is 0. The molecular formula is C12H13NO2. The Labute approximate surface area is 88.7 Å². The van der Waals surface area contributed by atoms with Gasteiger partial charge in [0.2, 0.25) is 5.91 Å². The number of hydrogen-bond acceptors (Lipinski definition) is 2. The zero-order valence-corrected chi connectivity index (χ0v) is 8.48. The molecule has 1 saturated heterocycles. The quantitative estimate of drug-likeness (QED) is 0.689. The first-order chi connectivity index (χ1) is 7.31. The highest BCUT2D eigenvalue weighted by atomic mass is 16.2. The molecule has 0 saturated carbocycles. The second-order valence-corrected chi connectivity index (χ2v) is 3.72. The summed E-state index contributed by atoms with van der Waals surface area (Å²) in [6, 6.07) is 7.18. The summed E-state index contributed by atoms with van der Waals surface area (Å²) in [6.45, 7) is 0.765. The van der Waals surface area contributed by atoms with Gasteiger partial charge in [-0.3, -0.25) is 9.59 Å². The van der Waals surface area contributed by atoms with E-state index in [0.717, 1.165) is 31.4 Å². The van der Waals surface area contributed by atoms with Crippen molar-refractivity contribution in [3.8, 4) is 0 Å². The molecule has 3 nitrogen and oxygen atoms in total. The van der Waals surface area contributed by atoms with Crippen LogP contribution in [-0.2, 0) is 4.79 Å². The molecule has 0 atom stereocenters. The van der Waals surface area contributed by atoms with Crippen LogP contribution in [0.25, 0.3) is 0 Å². The molecule has 1 fully saturated rings. The van der Waals surface area contributed by atoms with Gasteiger partial charge in [-0.05, 0) is 25.0 Å². The summed E-state index contributed by atoms with van der Waals surface area (Å²) in [4.78, 5) is 24.0. The predicted octanol–water partition coefficient (Wildman–Crippen LogP) is 2.02. The molecule has 0 unspecified atom stereocenters. The number of carbonyl (C=O) groups excluding carboxylic acids is 2. The highest BCUT2D eigenvalue weighted by Gasteiger charge is 2.19. The third kappa shape index (κ3) is 2.06. The minimum Gasteiger partial charge on any atom is -0.312 e. The Morgan fingerprint density at radius 2 is 2.13 bits per heavy atom. The van der Waals surface area contributed by atoms with Gasteiger partial charge in [0.15, 0.2) is 0 Å². The fraction of sp³-hybridized carbons (Fsp3) is 0.333. The highest BCUT2D eigenvalue weighted by Crippen LogP contribution is 2.21. The number of benzene rings is 1. The first-order valence-electron chi connectivity index (χ1n) is 5.17. The Hall–Kier alpha value is -1.64. The largest absolute Gasteiger partial charge is 0.312 e. The van der Waals surface area contributed by atoms with Gasteiger partial charge in [0.1, 0.15) is 6.29 Å². The number of anilines is 1. The first kappa shape index (κ1) is 9.90. The van der Waals surface area contributed by atoms with Gasteiger partial charge < -0.3 is 4.90 Å². The summed E-state index contributed by atoms with van der Waals surface area (Å²) >= 11 is 0. The maximum Gasteiger partial charge on any atom is 0.226 e. The van der Waals surface area contributed by atoms with Crippen molar-refractivity contribution in [2.75, 3.05) is 11.4 Å². The molecule has 0 aliphatic carbocycles. The van der Waals surface area contributed by atoms with E-state index >= 15 is 0 Å². The fourth-order valence-electron chi connectivity index (χ4n) is 1.84. The molecule has 0 radical (unpaired) electrons. The molecule has 0 N–H and O–H groups in total. The lowest BCUT2D eigenvalue weighted by Gasteiger charge is -2.26. The molecule has 1 amide bonds. The van der Waals surface area contributed by atoms with Crippen LogP contribution >= 0.6 is 0 Å². The Bertz CT molecular complexity index is 387. The van der Waals surface area contributed by atoms with Crippen molar-refractivity contribution in [3.63, 3.8) is 0 Å². The fourth-order valence-corrected chi connectivity index (χ4v) is 1.84. The molecule has 1 heterocycles. The summed E-state index contributed by atoms with van der Waals surface area (Å²) in [5, 5.41) is 0. The Morgan fingerprint density at radius 1 is 1.27 bits per heavy atom. The second-order valence-electron chi connectivity index (χ2n) is 3.72. The molecule has 15 heavy (non-hydrogen) atoms. The van der Waals surface area contributed by atoms with Crippen molar-refractivity contribution in [2.24, 2.45) is 0 Å². The zero-order chi connectivity index (χ0) is 10.7. The smallest absolute Gasteiger partial charge is 0.226 e. The zero-order valence-electron chi connectivity index (χ0n) is 8.48. The van der Waals surface area contributed by atoms with Crippen LogP contribution in [0.1, 0.15) is 29.6 Å². The van der Waals surface area contributed by atoms with Crippen molar-refractivity contribution in [3.05, 3.63) is 29.8 Å². The van der Waals surface area contributed by atoms with Crippen LogP contribution in [0.3, 0.4) is 0 Å². The predicted molar refractivity (Wildman–Crippen MR) is 58.0 cm³/mol. The van der Waals surface area contributed by atoms with E-state index in [4.69, 9.17) is 0 Å². The number of hydrogen-bond donors (Lipinski definition) is 0. The van der Waals surface area contributed by atoms with Crippen LogP contribution < -0.4 is 4.90 Å². The summed E-state index contributed by atoms with van der Waals surface area (Å²) in [5.41, 5.74) is 1.45. The minimum atomic E-state index is 0.157. The lowest BCUT2D eigenvalue weighted by Crippen LogP contribution is -2.35. The lowest BCUT2D eigenvalue weighted by atomic mass is 10.1. The number of carbonyl (C=O) groups is 2. The molecule has 3 heteroatoms. The third-order valence-corrected chi connectivity index (χ3v) is 2.64. The van der Waals surface area contributed by atoms with Gasteiger partial charge in [0, 0.05) is 24.2 Å². The standard InChI is InChI=1S/C12H13NO2/c14-9-10-4-3-5-11(8-10)13-7-2-1-6-12(13)15/h3-5,8-9H,1-2,6-7H2. The van der Waals surface area contributed by atoms with E-state index < -0.39 is 0 Å². The molecule has 2 rings (SSSR count). The molecule has 0 aromatic heterocycles. The van der Waals surface area contributed by atoms with E-state index in [2.05, 4.69) is 0 Å². The molecule has 1 aromatic carbocycles. The van der Waals surface area contributed by atoms with Gasteiger partial charge in [-0.1, -0.05) is 12.1 Å². The normalized spacial score (nSPS) is 16.5. The average molecular weight is 203 g/mol. The van der Waals surface area contributed by atoms with E-state index in [1.807, 2.05) is 6.07 Å². The molecule has 0 spiro atoms. The van der Waals surface area contributed by atoms with Crippen molar-refractivity contribution >= 4 is 17.9 Å². The number of nitrogens with zero attached hydrogens (tertiary/aromatic N) is 1.